The minimum Gasteiger partial charge on any atom is -0.481 e. The molecule has 1 aromatic rings. The van der Waals surface area contributed by atoms with E-state index in [-0.39, 0.29) is 25.6 Å². The SMILES string of the molecule is CC.CCOC(=O)COCc1noc(C(CCCC2CCCCC2)CC(=O)O)n1. The van der Waals surface area contributed by atoms with Gasteiger partial charge in [0.2, 0.25) is 5.89 Å². The predicted molar refractivity (Wildman–Crippen MR) is 107 cm³/mol. The molecule has 0 spiro atoms. The van der Waals surface area contributed by atoms with E-state index >= 15 is 0 Å². The molecule has 0 saturated heterocycles. The zero-order valence-electron chi connectivity index (χ0n) is 18.0. The number of nitrogens with zero attached hydrogens (tertiary/aromatic N) is 2. The molecule has 0 bridgehead atoms. The summed E-state index contributed by atoms with van der Waals surface area (Å²) in [6, 6.07) is 0. The van der Waals surface area contributed by atoms with E-state index in [1.165, 1.54) is 32.1 Å². The predicted octanol–water partition coefficient (Wildman–Crippen LogP) is 4.48. The number of carboxylic acids is 1. The number of carbonyl (C=O) groups excluding carboxylic acids is 1. The van der Waals surface area contributed by atoms with Gasteiger partial charge in [0.05, 0.1) is 13.0 Å². The van der Waals surface area contributed by atoms with Crippen LogP contribution >= 0.6 is 0 Å². The van der Waals surface area contributed by atoms with Crippen molar-refractivity contribution in [3.63, 3.8) is 0 Å². The molecule has 1 N–H and O–H groups in total. The van der Waals surface area contributed by atoms with E-state index in [4.69, 9.17) is 14.0 Å². The van der Waals surface area contributed by atoms with Gasteiger partial charge in [-0.05, 0) is 19.3 Å². The number of esters is 1. The lowest BCUT2D eigenvalue weighted by atomic mass is 9.84. The smallest absolute Gasteiger partial charge is 0.332 e. The molecule has 1 aromatic heterocycles. The molecule has 1 aliphatic rings. The average Bonchev–Trinajstić information content (AvgIpc) is 3.18. The Balaban J connectivity index is 0.00000204. The molecule has 2 rings (SSSR count). The number of ether oxygens (including phenoxy) is 2. The highest BCUT2D eigenvalue weighted by Gasteiger charge is 2.23. The summed E-state index contributed by atoms with van der Waals surface area (Å²) in [5.74, 6) is -0.229. The molecule has 1 aliphatic carbocycles. The number of carboxylic acid groups (broad SMARTS) is 1. The van der Waals surface area contributed by atoms with Crippen LogP contribution in [0.15, 0.2) is 4.52 Å². The monoisotopic (exact) mass is 412 g/mol. The standard InChI is InChI=1S/C19H30N2O6.C2H6/c1-2-26-18(24)13-25-12-16-20-19(27-21-16)15(11-17(22)23)10-6-9-14-7-4-3-5-8-14;1-2/h14-15H,2-13H2,1H3,(H,22,23);1-2H3. The van der Waals surface area contributed by atoms with Crippen LogP contribution < -0.4 is 0 Å². The normalized spacial score (nSPS) is 15.3. The average molecular weight is 413 g/mol. The topological polar surface area (TPSA) is 112 Å². The quantitative estimate of drug-likeness (QED) is 0.500. The molecular formula is C21H36N2O6. The molecule has 8 heteroatoms. The second kappa shape index (κ2) is 15.0. The van der Waals surface area contributed by atoms with E-state index in [2.05, 4.69) is 10.1 Å². The van der Waals surface area contributed by atoms with E-state index < -0.39 is 11.9 Å². The van der Waals surface area contributed by atoms with Gasteiger partial charge < -0.3 is 19.1 Å². The molecule has 0 radical (unpaired) electrons. The van der Waals surface area contributed by atoms with Crippen molar-refractivity contribution in [1.29, 1.82) is 0 Å². The molecule has 8 nitrogen and oxygen atoms in total. The Morgan fingerprint density at radius 1 is 1.24 bits per heavy atom. The molecule has 1 saturated carbocycles. The Morgan fingerprint density at radius 2 is 1.97 bits per heavy atom. The first-order valence-corrected chi connectivity index (χ1v) is 10.9. The summed E-state index contributed by atoms with van der Waals surface area (Å²) in [5.41, 5.74) is 0. The lowest BCUT2D eigenvalue weighted by Gasteiger charge is -2.21. The van der Waals surface area contributed by atoms with Crippen molar-refractivity contribution in [2.75, 3.05) is 13.2 Å². The lowest BCUT2D eigenvalue weighted by molar-refractivity contribution is -0.149. The van der Waals surface area contributed by atoms with Gasteiger partial charge in [-0.1, -0.05) is 63.9 Å². The van der Waals surface area contributed by atoms with Gasteiger partial charge in [0, 0.05) is 5.92 Å². The summed E-state index contributed by atoms with van der Waals surface area (Å²) < 4.78 is 15.2. The first-order chi connectivity index (χ1) is 14.1. The van der Waals surface area contributed by atoms with Gasteiger partial charge in [-0.3, -0.25) is 4.79 Å². The zero-order chi connectivity index (χ0) is 21.5. The number of carbonyl (C=O) groups is 2. The van der Waals surface area contributed by atoms with Crippen LogP contribution in [0.5, 0.6) is 0 Å². The number of hydrogen-bond donors (Lipinski definition) is 1. The minimum absolute atomic E-state index is 0.0180. The number of aliphatic carboxylic acids is 1. The van der Waals surface area contributed by atoms with Gasteiger partial charge >= 0.3 is 11.9 Å². The highest BCUT2D eigenvalue weighted by molar-refractivity contribution is 5.70. The van der Waals surface area contributed by atoms with Crippen molar-refractivity contribution in [3.05, 3.63) is 11.7 Å². The Hall–Kier alpha value is -1.96. The molecule has 0 aliphatic heterocycles. The van der Waals surface area contributed by atoms with Crippen LogP contribution in [0.2, 0.25) is 0 Å². The molecule has 1 atom stereocenters. The Morgan fingerprint density at radius 3 is 2.62 bits per heavy atom. The molecule has 1 unspecified atom stereocenters. The van der Waals surface area contributed by atoms with Crippen LogP contribution in [0.3, 0.4) is 0 Å². The molecular weight excluding hydrogens is 376 g/mol. The zero-order valence-corrected chi connectivity index (χ0v) is 18.0. The van der Waals surface area contributed by atoms with Crippen LogP contribution in [-0.2, 0) is 25.7 Å². The molecule has 29 heavy (non-hydrogen) atoms. The Bertz CT molecular complexity index is 583. The van der Waals surface area contributed by atoms with E-state index in [1.807, 2.05) is 13.8 Å². The van der Waals surface area contributed by atoms with Gasteiger partial charge in [-0.25, -0.2) is 4.79 Å². The molecule has 1 fully saturated rings. The summed E-state index contributed by atoms with van der Waals surface area (Å²) in [6.07, 6.45) is 9.28. The summed E-state index contributed by atoms with van der Waals surface area (Å²) in [7, 11) is 0. The molecule has 0 amide bonds. The summed E-state index contributed by atoms with van der Waals surface area (Å²) in [6.45, 7) is 5.86. The molecule has 0 aromatic carbocycles. The Kier molecular flexibility index (Phi) is 12.9. The van der Waals surface area contributed by atoms with E-state index in [0.29, 0.717) is 24.7 Å². The summed E-state index contributed by atoms with van der Waals surface area (Å²) >= 11 is 0. The van der Waals surface area contributed by atoms with Crippen LogP contribution in [0, 0.1) is 5.92 Å². The third-order valence-corrected chi connectivity index (χ3v) is 4.90. The van der Waals surface area contributed by atoms with Crippen molar-refractivity contribution >= 4 is 11.9 Å². The maximum atomic E-state index is 11.2. The maximum absolute atomic E-state index is 11.2. The van der Waals surface area contributed by atoms with E-state index in [9.17, 15) is 14.7 Å². The lowest BCUT2D eigenvalue weighted by Crippen LogP contribution is -2.12. The second-order valence-corrected chi connectivity index (χ2v) is 7.08. The maximum Gasteiger partial charge on any atom is 0.332 e. The van der Waals surface area contributed by atoms with Crippen LogP contribution in [0.25, 0.3) is 0 Å². The van der Waals surface area contributed by atoms with Crippen LogP contribution in [-0.4, -0.2) is 40.4 Å². The summed E-state index contributed by atoms with van der Waals surface area (Å²) in [4.78, 5) is 26.7. The van der Waals surface area contributed by atoms with Crippen molar-refractivity contribution in [1.82, 2.24) is 10.1 Å². The van der Waals surface area contributed by atoms with E-state index in [1.54, 1.807) is 6.92 Å². The number of rotatable bonds is 12. The number of aromatic nitrogens is 2. The van der Waals surface area contributed by atoms with Crippen molar-refractivity contribution in [3.8, 4) is 0 Å². The van der Waals surface area contributed by atoms with Gasteiger partial charge in [-0.15, -0.1) is 0 Å². The Labute approximate surface area is 173 Å². The largest absolute Gasteiger partial charge is 0.481 e. The minimum atomic E-state index is -0.879. The van der Waals surface area contributed by atoms with Gasteiger partial charge in [0.25, 0.3) is 0 Å². The van der Waals surface area contributed by atoms with Crippen LogP contribution in [0.4, 0.5) is 0 Å². The van der Waals surface area contributed by atoms with Crippen molar-refractivity contribution < 1.29 is 28.7 Å². The molecule has 1 heterocycles. The molecule has 166 valence electrons. The van der Waals surface area contributed by atoms with Crippen molar-refractivity contribution in [2.24, 2.45) is 5.92 Å². The van der Waals surface area contributed by atoms with Gasteiger partial charge in [0.15, 0.2) is 5.82 Å². The van der Waals surface area contributed by atoms with Crippen LogP contribution in [0.1, 0.15) is 96.2 Å². The fourth-order valence-corrected chi connectivity index (χ4v) is 3.57. The third kappa shape index (κ3) is 10.4. The van der Waals surface area contributed by atoms with Gasteiger partial charge in [-0.2, -0.15) is 4.98 Å². The van der Waals surface area contributed by atoms with E-state index in [0.717, 1.165) is 18.8 Å². The third-order valence-electron chi connectivity index (χ3n) is 4.90. The first-order valence-electron chi connectivity index (χ1n) is 10.9. The highest BCUT2D eigenvalue weighted by Crippen LogP contribution is 2.31. The first kappa shape index (κ1) is 25.1. The van der Waals surface area contributed by atoms with Gasteiger partial charge in [0.1, 0.15) is 13.2 Å². The second-order valence-electron chi connectivity index (χ2n) is 7.08. The fourth-order valence-electron chi connectivity index (χ4n) is 3.57. The number of hydrogen-bond acceptors (Lipinski definition) is 7. The summed E-state index contributed by atoms with van der Waals surface area (Å²) in [5, 5.41) is 13.0. The highest BCUT2D eigenvalue weighted by atomic mass is 16.6. The van der Waals surface area contributed by atoms with Crippen molar-refractivity contribution in [2.45, 2.75) is 91.1 Å². The fraction of sp³-hybridized carbons (Fsp3) is 0.810.